The van der Waals surface area contributed by atoms with Crippen molar-refractivity contribution in [2.75, 3.05) is 5.32 Å². The van der Waals surface area contributed by atoms with Crippen LogP contribution in [0.2, 0.25) is 0 Å². The standard InChI is InChI=1S/C19H18BrN3O2/c1-12-3-5-14(6-4-12)19-23-22-18(25-19)10-9-17(24)21-16-8-7-15(20)11-13(16)2/h3-8,11H,9-10H2,1-2H3,(H,21,24). The van der Waals surface area contributed by atoms with Crippen molar-refractivity contribution < 1.29 is 9.21 Å². The summed E-state index contributed by atoms with van der Waals surface area (Å²) < 4.78 is 6.63. The lowest BCUT2D eigenvalue weighted by Crippen LogP contribution is -2.13. The Labute approximate surface area is 154 Å². The van der Waals surface area contributed by atoms with Crippen molar-refractivity contribution in [3.05, 3.63) is 64.0 Å². The highest BCUT2D eigenvalue weighted by molar-refractivity contribution is 9.10. The van der Waals surface area contributed by atoms with Gasteiger partial charge in [-0.3, -0.25) is 4.79 Å². The van der Waals surface area contributed by atoms with E-state index in [1.54, 1.807) is 0 Å². The van der Waals surface area contributed by atoms with Gasteiger partial charge >= 0.3 is 0 Å². The first kappa shape index (κ1) is 17.4. The first-order chi connectivity index (χ1) is 12.0. The lowest BCUT2D eigenvalue weighted by atomic mass is 10.1. The summed E-state index contributed by atoms with van der Waals surface area (Å²) in [6.07, 6.45) is 0.686. The average Bonchev–Trinajstić information content (AvgIpc) is 3.05. The summed E-state index contributed by atoms with van der Waals surface area (Å²) in [5, 5.41) is 11.0. The molecular formula is C19H18BrN3O2. The fraction of sp³-hybridized carbons (Fsp3) is 0.211. The van der Waals surface area contributed by atoms with E-state index in [0.717, 1.165) is 21.3 Å². The van der Waals surface area contributed by atoms with Gasteiger partial charge < -0.3 is 9.73 Å². The normalized spacial score (nSPS) is 10.7. The summed E-state index contributed by atoms with van der Waals surface area (Å²) in [6, 6.07) is 13.6. The minimum Gasteiger partial charge on any atom is -0.421 e. The van der Waals surface area contributed by atoms with Crippen LogP contribution in [0.4, 0.5) is 5.69 Å². The molecule has 1 N–H and O–H groups in total. The van der Waals surface area contributed by atoms with Crippen LogP contribution in [0.15, 0.2) is 51.4 Å². The molecule has 25 heavy (non-hydrogen) atoms. The Bertz CT molecular complexity index is 888. The van der Waals surface area contributed by atoms with Crippen molar-refractivity contribution in [1.29, 1.82) is 0 Å². The largest absolute Gasteiger partial charge is 0.421 e. The van der Waals surface area contributed by atoms with Crippen molar-refractivity contribution in [3.63, 3.8) is 0 Å². The number of aromatic nitrogens is 2. The predicted octanol–water partition coefficient (Wildman–Crippen LogP) is 4.69. The molecule has 0 unspecified atom stereocenters. The van der Waals surface area contributed by atoms with Gasteiger partial charge in [0, 0.05) is 28.6 Å². The number of hydrogen-bond acceptors (Lipinski definition) is 4. The number of aryl methyl sites for hydroxylation is 3. The number of halogens is 1. The number of hydrogen-bond donors (Lipinski definition) is 1. The molecule has 0 fully saturated rings. The molecule has 0 aliphatic carbocycles. The second-order valence-electron chi connectivity index (χ2n) is 5.87. The van der Waals surface area contributed by atoms with Gasteiger partial charge in [0.2, 0.25) is 17.7 Å². The van der Waals surface area contributed by atoms with E-state index in [-0.39, 0.29) is 12.3 Å². The Morgan fingerprint density at radius 2 is 1.88 bits per heavy atom. The van der Waals surface area contributed by atoms with E-state index >= 15 is 0 Å². The lowest BCUT2D eigenvalue weighted by molar-refractivity contribution is -0.116. The summed E-state index contributed by atoms with van der Waals surface area (Å²) in [5.41, 5.74) is 3.85. The maximum atomic E-state index is 12.1. The number of nitrogens with one attached hydrogen (secondary N) is 1. The molecule has 6 heteroatoms. The van der Waals surface area contributed by atoms with Gasteiger partial charge in [0.05, 0.1) is 0 Å². The maximum Gasteiger partial charge on any atom is 0.247 e. The number of carbonyl (C=O) groups excluding carboxylic acids is 1. The Balaban J connectivity index is 1.58. The third-order valence-corrected chi connectivity index (χ3v) is 4.29. The molecule has 3 aromatic rings. The average molecular weight is 400 g/mol. The molecule has 128 valence electrons. The minimum atomic E-state index is -0.0829. The van der Waals surface area contributed by atoms with Crippen LogP contribution in [0.1, 0.15) is 23.4 Å². The number of amides is 1. The molecule has 0 bridgehead atoms. The van der Waals surface area contributed by atoms with Crippen molar-refractivity contribution in [1.82, 2.24) is 10.2 Å². The molecule has 0 aliphatic rings. The highest BCUT2D eigenvalue weighted by Crippen LogP contribution is 2.21. The molecule has 1 amide bonds. The van der Waals surface area contributed by atoms with Crippen molar-refractivity contribution in [2.24, 2.45) is 0 Å². The molecule has 0 aliphatic heterocycles. The third-order valence-electron chi connectivity index (χ3n) is 3.79. The van der Waals surface area contributed by atoms with Crippen LogP contribution >= 0.6 is 15.9 Å². The van der Waals surface area contributed by atoms with E-state index in [2.05, 4.69) is 31.4 Å². The van der Waals surface area contributed by atoms with Crippen molar-refractivity contribution >= 4 is 27.5 Å². The molecule has 0 radical (unpaired) electrons. The van der Waals surface area contributed by atoms with E-state index < -0.39 is 0 Å². The van der Waals surface area contributed by atoms with Crippen molar-refractivity contribution in [2.45, 2.75) is 26.7 Å². The van der Waals surface area contributed by atoms with Crippen LogP contribution in [0, 0.1) is 13.8 Å². The van der Waals surface area contributed by atoms with E-state index in [1.165, 1.54) is 5.56 Å². The molecule has 1 heterocycles. The summed E-state index contributed by atoms with van der Waals surface area (Å²) in [5.74, 6) is 0.845. The monoisotopic (exact) mass is 399 g/mol. The van der Waals surface area contributed by atoms with Gasteiger partial charge in [0.25, 0.3) is 0 Å². The Morgan fingerprint density at radius 1 is 1.12 bits per heavy atom. The van der Waals surface area contributed by atoms with E-state index in [0.29, 0.717) is 18.2 Å². The fourth-order valence-corrected chi connectivity index (χ4v) is 2.84. The number of benzene rings is 2. The number of anilines is 1. The van der Waals surface area contributed by atoms with Crippen LogP contribution < -0.4 is 5.32 Å². The molecule has 0 saturated heterocycles. The quantitative estimate of drug-likeness (QED) is 0.675. The van der Waals surface area contributed by atoms with Crippen molar-refractivity contribution in [3.8, 4) is 11.5 Å². The summed E-state index contributed by atoms with van der Waals surface area (Å²) in [4.78, 5) is 12.1. The van der Waals surface area contributed by atoms with E-state index in [1.807, 2.05) is 56.3 Å². The van der Waals surface area contributed by atoms with Gasteiger partial charge in [-0.1, -0.05) is 33.6 Å². The highest BCUT2D eigenvalue weighted by atomic mass is 79.9. The Morgan fingerprint density at radius 3 is 2.60 bits per heavy atom. The second-order valence-corrected chi connectivity index (χ2v) is 6.79. The third kappa shape index (κ3) is 4.54. The SMILES string of the molecule is Cc1ccc(-c2nnc(CCC(=O)Nc3ccc(Br)cc3C)o2)cc1. The Hall–Kier alpha value is -2.47. The first-order valence-corrected chi connectivity index (χ1v) is 8.76. The number of rotatable bonds is 5. The zero-order valence-electron chi connectivity index (χ0n) is 14.0. The number of nitrogens with zero attached hydrogens (tertiary/aromatic N) is 2. The molecule has 0 spiro atoms. The van der Waals surface area contributed by atoms with Crippen LogP contribution in [-0.2, 0) is 11.2 Å². The van der Waals surface area contributed by atoms with Crippen LogP contribution in [0.25, 0.3) is 11.5 Å². The molecule has 3 rings (SSSR count). The summed E-state index contributed by atoms with van der Waals surface area (Å²) in [7, 11) is 0. The predicted molar refractivity (Wildman–Crippen MR) is 100 cm³/mol. The fourth-order valence-electron chi connectivity index (χ4n) is 2.37. The molecule has 2 aromatic carbocycles. The second kappa shape index (κ2) is 7.61. The lowest BCUT2D eigenvalue weighted by Gasteiger charge is -2.08. The van der Waals surface area contributed by atoms with Gasteiger partial charge in [-0.15, -0.1) is 10.2 Å². The maximum absolute atomic E-state index is 12.1. The smallest absolute Gasteiger partial charge is 0.247 e. The van der Waals surface area contributed by atoms with Crippen LogP contribution in [-0.4, -0.2) is 16.1 Å². The van der Waals surface area contributed by atoms with Gasteiger partial charge in [-0.2, -0.15) is 0 Å². The minimum absolute atomic E-state index is 0.0829. The zero-order chi connectivity index (χ0) is 17.8. The van der Waals surface area contributed by atoms with Crippen LogP contribution in [0.3, 0.4) is 0 Å². The molecule has 0 saturated carbocycles. The highest BCUT2D eigenvalue weighted by Gasteiger charge is 2.11. The molecule has 5 nitrogen and oxygen atoms in total. The Kier molecular flexibility index (Phi) is 5.28. The van der Waals surface area contributed by atoms with Gasteiger partial charge in [0.15, 0.2) is 0 Å². The van der Waals surface area contributed by atoms with Gasteiger partial charge in [-0.05, 0) is 49.7 Å². The molecular weight excluding hydrogens is 382 g/mol. The summed E-state index contributed by atoms with van der Waals surface area (Å²) in [6.45, 7) is 3.97. The van der Waals surface area contributed by atoms with Gasteiger partial charge in [-0.25, -0.2) is 0 Å². The summed E-state index contributed by atoms with van der Waals surface area (Å²) >= 11 is 3.41. The van der Waals surface area contributed by atoms with Gasteiger partial charge in [0.1, 0.15) is 0 Å². The topological polar surface area (TPSA) is 68.0 Å². The van der Waals surface area contributed by atoms with Crippen LogP contribution in [0.5, 0.6) is 0 Å². The number of carbonyl (C=O) groups is 1. The zero-order valence-corrected chi connectivity index (χ0v) is 15.6. The van der Waals surface area contributed by atoms with E-state index in [9.17, 15) is 4.79 Å². The molecule has 1 aromatic heterocycles. The first-order valence-electron chi connectivity index (χ1n) is 7.97. The van der Waals surface area contributed by atoms with E-state index in [4.69, 9.17) is 4.42 Å². The molecule has 0 atom stereocenters.